The number of aryl methyl sites for hydroxylation is 1. The highest BCUT2D eigenvalue weighted by Crippen LogP contribution is 2.26. The number of rotatable bonds is 9. The number of carbonyl (C=O) groups excluding carboxylic acids is 4. The van der Waals surface area contributed by atoms with Crippen LogP contribution in [0.4, 0.5) is 5.69 Å². The van der Waals surface area contributed by atoms with E-state index in [2.05, 4.69) is 10.7 Å². The predicted octanol–water partition coefficient (Wildman–Crippen LogP) is 3.44. The summed E-state index contributed by atoms with van der Waals surface area (Å²) < 4.78 is 5.15. The van der Waals surface area contributed by atoms with Crippen LogP contribution in [0, 0.1) is 5.92 Å². The molecule has 190 valence electrons. The Balaban J connectivity index is 1.32. The van der Waals surface area contributed by atoms with Gasteiger partial charge in [0.2, 0.25) is 5.91 Å². The van der Waals surface area contributed by atoms with E-state index >= 15 is 0 Å². The topological polar surface area (TPSA) is 105 Å². The maximum atomic E-state index is 13.3. The molecule has 0 spiro atoms. The van der Waals surface area contributed by atoms with Gasteiger partial charge in [0.1, 0.15) is 0 Å². The molecule has 1 atom stereocenters. The molecule has 0 radical (unpaired) electrons. The molecule has 37 heavy (non-hydrogen) atoms. The Hall–Kier alpha value is -4.46. The number of hydrogen-bond acceptors (Lipinski definition) is 5. The average Bonchev–Trinajstić information content (AvgIpc) is 3.29. The molecule has 1 fully saturated rings. The maximum absolute atomic E-state index is 13.3. The van der Waals surface area contributed by atoms with Crippen LogP contribution in [-0.4, -0.2) is 41.9 Å². The largest absolute Gasteiger partial charge is 0.455 e. The Bertz CT molecular complexity index is 1210. The van der Waals surface area contributed by atoms with Gasteiger partial charge in [-0.2, -0.15) is 0 Å². The van der Waals surface area contributed by atoms with E-state index < -0.39 is 36.2 Å². The molecule has 2 N–H and O–H groups in total. The van der Waals surface area contributed by atoms with E-state index in [4.69, 9.17) is 4.74 Å². The highest BCUT2D eigenvalue weighted by Gasteiger charge is 2.37. The minimum Gasteiger partial charge on any atom is -0.455 e. The number of carbonyl (C=O) groups is 4. The van der Waals surface area contributed by atoms with Crippen LogP contribution in [0.5, 0.6) is 0 Å². The molecule has 3 amide bonds. The number of hydrogen-bond donors (Lipinski definition) is 2. The fourth-order valence-corrected chi connectivity index (χ4v) is 4.23. The summed E-state index contributed by atoms with van der Waals surface area (Å²) >= 11 is 0. The average molecular weight is 500 g/mol. The monoisotopic (exact) mass is 499 g/mol. The van der Waals surface area contributed by atoms with Gasteiger partial charge in [-0.15, -0.1) is 0 Å². The van der Waals surface area contributed by atoms with E-state index in [9.17, 15) is 19.2 Å². The Labute approximate surface area is 215 Å². The quantitative estimate of drug-likeness (QED) is 0.439. The van der Waals surface area contributed by atoms with Crippen molar-refractivity contribution < 1.29 is 23.9 Å². The van der Waals surface area contributed by atoms with Crippen LogP contribution in [0.25, 0.3) is 0 Å². The lowest BCUT2D eigenvalue weighted by molar-refractivity contribution is -0.151. The normalized spacial score (nSPS) is 14.9. The Morgan fingerprint density at radius 2 is 1.51 bits per heavy atom. The molecule has 1 aliphatic rings. The van der Waals surface area contributed by atoms with Crippen molar-refractivity contribution in [2.24, 2.45) is 5.92 Å². The molecule has 1 saturated heterocycles. The van der Waals surface area contributed by atoms with Gasteiger partial charge in [-0.3, -0.25) is 29.6 Å². The van der Waals surface area contributed by atoms with Crippen molar-refractivity contribution >= 4 is 29.4 Å². The van der Waals surface area contributed by atoms with Gasteiger partial charge in [0, 0.05) is 12.1 Å². The number of nitrogens with zero attached hydrogens (tertiary/aromatic N) is 1. The zero-order chi connectivity index (χ0) is 26.2. The molecule has 4 rings (SSSR count). The standard InChI is InChI=1S/C29H29N3O5/c1-2-20-13-15-24(16-14-20)30-25(33)19-37-29(36)23-17-26(34)32(18-23)31-28(35)27(21-9-5-3-6-10-21)22-11-7-4-8-12-22/h3-16,23,27H,2,17-19H2,1H3,(H,30,33)(H,31,35)/t23-/m0/s1. The molecule has 0 aliphatic carbocycles. The van der Waals surface area contributed by atoms with Crippen LogP contribution in [-0.2, 0) is 30.3 Å². The van der Waals surface area contributed by atoms with E-state index in [0.29, 0.717) is 5.69 Å². The van der Waals surface area contributed by atoms with Crippen LogP contribution in [0.1, 0.15) is 36.0 Å². The van der Waals surface area contributed by atoms with Crippen LogP contribution < -0.4 is 10.7 Å². The molecule has 0 aromatic heterocycles. The van der Waals surface area contributed by atoms with Crippen LogP contribution in [0.2, 0.25) is 0 Å². The summed E-state index contributed by atoms with van der Waals surface area (Å²) in [6.07, 6.45) is 0.781. The van der Waals surface area contributed by atoms with Crippen molar-refractivity contribution in [3.8, 4) is 0 Å². The first-order chi connectivity index (χ1) is 17.9. The van der Waals surface area contributed by atoms with Crippen molar-refractivity contribution in [3.63, 3.8) is 0 Å². The molecule has 0 unspecified atom stereocenters. The van der Waals surface area contributed by atoms with Gasteiger partial charge in [-0.1, -0.05) is 79.7 Å². The first-order valence-corrected chi connectivity index (χ1v) is 12.2. The van der Waals surface area contributed by atoms with Crippen molar-refractivity contribution in [3.05, 3.63) is 102 Å². The third kappa shape index (κ3) is 6.61. The van der Waals surface area contributed by atoms with Gasteiger partial charge in [0.15, 0.2) is 6.61 Å². The zero-order valence-corrected chi connectivity index (χ0v) is 20.6. The van der Waals surface area contributed by atoms with Crippen LogP contribution in [0.3, 0.4) is 0 Å². The van der Waals surface area contributed by atoms with Crippen molar-refractivity contribution in [2.45, 2.75) is 25.7 Å². The highest BCUT2D eigenvalue weighted by molar-refractivity contribution is 5.94. The van der Waals surface area contributed by atoms with E-state index in [-0.39, 0.29) is 18.9 Å². The maximum Gasteiger partial charge on any atom is 0.311 e. The molecule has 1 aliphatic heterocycles. The summed E-state index contributed by atoms with van der Waals surface area (Å²) in [4.78, 5) is 50.6. The van der Waals surface area contributed by atoms with Crippen molar-refractivity contribution in [1.82, 2.24) is 10.4 Å². The van der Waals surface area contributed by atoms with Crippen molar-refractivity contribution in [2.75, 3.05) is 18.5 Å². The highest BCUT2D eigenvalue weighted by atomic mass is 16.5. The number of hydrazine groups is 1. The molecule has 3 aromatic carbocycles. The third-order valence-electron chi connectivity index (χ3n) is 6.22. The van der Waals surface area contributed by atoms with E-state index in [1.807, 2.05) is 79.7 Å². The Kier molecular flexibility index (Phi) is 8.30. The number of anilines is 1. The number of amides is 3. The van der Waals surface area contributed by atoms with E-state index in [1.165, 1.54) is 0 Å². The Morgan fingerprint density at radius 1 is 0.919 bits per heavy atom. The molecule has 1 heterocycles. The summed E-state index contributed by atoms with van der Waals surface area (Å²) in [6, 6.07) is 25.9. The minimum absolute atomic E-state index is 0.0280. The smallest absolute Gasteiger partial charge is 0.311 e. The number of nitrogens with one attached hydrogen (secondary N) is 2. The fraction of sp³-hybridized carbons (Fsp3) is 0.241. The second-order valence-electron chi connectivity index (χ2n) is 8.84. The summed E-state index contributed by atoms with van der Waals surface area (Å²) in [5, 5.41) is 3.83. The third-order valence-corrected chi connectivity index (χ3v) is 6.22. The van der Waals surface area contributed by atoms with Gasteiger partial charge in [0.25, 0.3) is 11.8 Å². The lowest BCUT2D eigenvalue weighted by Gasteiger charge is -2.23. The number of ether oxygens (including phenoxy) is 1. The number of esters is 1. The molecule has 3 aromatic rings. The molecule has 8 heteroatoms. The van der Waals surface area contributed by atoms with Gasteiger partial charge in [-0.05, 0) is 35.2 Å². The fourth-order valence-electron chi connectivity index (χ4n) is 4.23. The van der Waals surface area contributed by atoms with Gasteiger partial charge >= 0.3 is 5.97 Å². The van der Waals surface area contributed by atoms with Gasteiger partial charge in [0.05, 0.1) is 18.4 Å². The summed E-state index contributed by atoms with van der Waals surface area (Å²) in [5.41, 5.74) is 5.99. The summed E-state index contributed by atoms with van der Waals surface area (Å²) in [6.45, 7) is 1.55. The van der Waals surface area contributed by atoms with Gasteiger partial charge in [-0.25, -0.2) is 0 Å². The molecule has 0 saturated carbocycles. The van der Waals surface area contributed by atoms with Crippen LogP contribution in [0.15, 0.2) is 84.9 Å². The molecular weight excluding hydrogens is 470 g/mol. The van der Waals surface area contributed by atoms with Crippen molar-refractivity contribution in [1.29, 1.82) is 0 Å². The van der Waals surface area contributed by atoms with Crippen LogP contribution >= 0.6 is 0 Å². The van der Waals surface area contributed by atoms with E-state index in [0.717, 1.165) is 28.1 Å². The predicted molar refractivity (Wildman–Crippen MR) is 138 cm³/mol. The summed E-state index contributed by atoms with van der Waals surface area (Å²) in [5.74, 6) is -3.32. The zero-order valence-electron chi connectivity index (χ0n) is 20.6. The second kappa shape index (κ2) is 12.0. The molecule has 0 bridgehead atoms. The Morgan fingerprint density at radius 3 is 2.08 bits per heavy atom. The lowest BCUT2D eigenvalue weighted by Crippen LogP contribution is -2.45. The first-order valence-electron chi connectivity index (χ1n) is 12.2. The molecular formula is C29H29N3O5. The molecule has 8 nitrogen and oxygen atoms in total. The second-order valence-corrected chi connectivity index (χ2v) is 8.84. The summed E-state index contributed by atoms with van der Waals surface area (Å²) in [7, 11) is 0. The van der Waals surface area contributed by atoms with Gasteiger partial charge < -0.3 is 10.1 Å². The first kappa shape index (κ1) is 25.6. The lowest BCUT2D eigenvalue weighted by atomic mass is 9.91. The minimum atomic E-state index is -0.781. The SMILES string of the molecule is CCc1ccc(NC(=O)COC(=O)[C@H]2CC(=O)N(NC(=O)C(c3ccccc3)c3ccccc3)C2)cc1. The van der Waals surface area contributed by atoms with E-state index in [1.54, 1.807) is 12.1 Å². The number of benzene rings is 3.